The van der Waals surface area contributed by atoms with Crippen molar-refractivity contribution in [2.75, 3.05) is 51.2 Å². The van der Waals surface area contributed by atoms with Gasteiger partial charge in [-0.15, -0.1) is 0 Å². The summed E-state index contributed by atoms with van der Waals surface area (Å²) in [6.45, 7) is 7.13. The Kier molecular flexibility index (Phi) is 13.6. The number of esters is 1. The molecule has 59 heavy (non-hydrogen) atoms. The third-order valence-corrected chi connectivity index (χ3v) is 16.4. The van der Waals surface area contributed by atoms with E-state index in [0.29, 0.717) is 54.2 Å². The van der Waals surface area contributed by atoms with Crippen molar-refractivity contribution in [2.24, 2.45) is 5.92 Å². The second-order valence-electron chi connectivity index (χ2n) is 15.8. The van der Waals surface area contributed by atoms with Crippen molar-refractivity contribution in [2.45, 2.75) is 69.5 Å². The fourth-order valence-electron chi connectivity index (χ4n) is 8.92. The molecule has 0 unspecified atom stereocenters. The number of amides is 3. The molecule has 13 heteroatoms. The molecule has 4 aromatic rings. The number of fused-ring (bicyclic) bond motifs is 2. The topological polar surface area (TPSA) is 144 Å². The van der Waals surface area contributed by atoms with Gasteiger partial charge in [-0.2, -0.15) is 0 Å². The van der Waals surface area contributed by atoms with Crippen LogP contribution in [0.1, 0.15) is 54.1 Å². The highest BCUT2D eigenvalue weighted by molar-refractivity contribution is 6.91. The quantitative estimate of drug-likeness (QED) is 0.0716. The van der Waals surface area contributed by atoms with E-state index >= 15 is 4.79 Å². The van der Waals surface area contributed by atoms with Gasteiger partial charge in [0.25, 0.3) is 11.8 Å². The molecule has 0 aliphatic carbocycles. The predicted molar refractivity (Wildman–Crippen MR) is 229 cm³/mol. The average Bonchev–Trinajstić information content (AvgIpc) is 3.67. The van der Waals surface area contributed by atoms with E-state index < -0.39 is 25.7 Å². The minimum absolute atomic E-state index is 0.00812. The maximum atomic E-state index is 15.3. The van der Waals surface area contributed by atoms with Crippen LogP contribution in [0.25, 0.3) is 0 Å². The van der Waals surface area contributed by atoms with Gasteiger partial charge in [0.05, 0.1) is 54.2 Å². The average molecular weight is 822 g/mol. The van der Waals surface area contributed by atoms with Crippen LogP contribution >= 0.6 is 0 Å². The molecule has 6 rings (SSSR count). The van der Waals surface area contributed by atoms with Crippen LogP contribution in [0.2, 0.25) is 18.6 Å². The molecular formula is C46H55N3O9Si. The summed E-state index contributed by atoms with van der Waals surface area (Å²) in [6.07, 6.45) is 0.595. The number of carbonyl (C=O) groups is 4. The maximum absolute atomic E-state index is 15.3. The zero-order valence-electron chi connectivity index (χ0n) is 34.7. The zero-order valence-corrected chi connectivity index (χ0v) is 35.7. The molecule has 2 heterocycles. The summed E-state index contributed by atoms with van der Waals surface area (Å²) in [7, 11) is 1.93. The SMILES string of the molecule is COC(=O)CCCCN1C(=O)[C@]2(O[C@H](CC(=O)N(CCO)Cc3ccccc3)[C@@H]([Si](C)(C)c3ccc(OC)cc3)[C@@H]2C)c2cc(NC(=O)c3ccc(OC)cc3)ccc21. The van der Waals surface area contributed by atoms with Crippen molar-refractivity contribution in [1.29, 1.82) is 0 Å². The Morgan fingerprint density at radius 2 is 1.56 bits per heavy atom. The Balaban J connectivity index is 1.42. The van der Waals surface area contributed by atoms with Gasteiger partial charge < -0.3 is 39.2 Å². The van der Waals surface area contributed by atoms with Crippen LogP contribution < -0.4 is 24.9 Å². The lowest BCUT2D eigenvalue weighted by Gasteiger charge is -2.37. The maximum Gasteiger partial charge on any atom is 0.305 e. The first-order valence-electron chi connectivity index (χ1n) is 20.1. The number of anilines is 2. The lowest BCUT2D eigenvalue weighted by atomic mass is 9.82. The molecule has 4 atom stereocenters. The molecule has 2 aliphatic heterocycles. The number of benzene rings is 4. The molecule has 12 nitrogen and oxygen atoms in total. The molecule has 0 bridgehead atoms. The molecule has 3 amide bonds. The van der Waals surface area contributed by atoms with E-state index in [1.807, 2.05) is 61.5 Å². The van der Waals surface area contributed by atoms with Crippen LogP contribution in [0.5, 0.6) is 11.5 Å². The molecule has 1 saturated heterocycles. The number of rotatable bonds is 17. The van der Waals surface area contributed by atoms with Crippen LogP contribution in [0, 0.1) is 5.92 Å². The summed E-state index contributed by atoms with van der Waals surface area (Å²) >= 11 is 0. The molecule has 0 radical (unpaired) electrons. The van der Waals surface area contributed by atoms with Gasteiger partial charge >= 0.3 is 5.97 Å². The minimum atomic E-state index is -2.61. The Bertz CT molecular complexity index is 2110. The van der Waals surface area contributed by atoms with Crippen LogP contribution in [-0.2, 0) is 36.0 Å². The molecule has 1 spiro atoms. The second-order valence-corrected chi connectivity index (χ2v) is 20.5. The van der Waals surface area contributed by atoms with E-state index in [1.54, 1.807) is 54.4 Å². The lowest BCUT2D eigenvalue weighted by Crippen LogP contribution is -2.52. The van der Waals surface area contributed by atoms with E-state index in [9.17, 15) is 19.5 Å². The first-order valence-corrected chi connectivity index (χ1v) is 23.2. The fourth-order valence-corrected chi connectivity index (χ4v) is 12.9. The summed E-state index contributed by atoms with van der Waals surface area (Å²) < 4.78 is 22.9. The molecule has 2 N–H and O–H groups in total. The van der Waals surface area contributed by atoms with E-state index in [0.717, 1.165) is 16.5 Å². The van der Waals surface area contributed by atoms with Crippen molar-refractivity contribution in [3.8, 4) is 11.5 Å². The Morgan fingerprint density at radius 3 is 2.19 bits per heavy atom. The van der Waals surface area contributed by atoms with Gasteiger partial charge in [0.1, 0.15) is 11.5 Å². The van der Waals surface area contributed by atoms with Crippen molar-refractivity contribution in [1.82, 2.24) is 4.90 Å². The number of nitrogens with one attached hydrogen (secondary N) is 1. The number of hydrogen-bond acceptors (Lipinski definition) is 9. The zero-order chi connectivity index (χ0) is 42.3. The number of ether oxygens (including phenoxy) is 4. The molecule has 312 valence electrons. The number of aliphatic hydroxyl groups is 1. The standard InChI is InChI=1S/C46H55N3O9Si/c1-31-43(59(5,6)37-22-20-36(56-3)21-23-37)40(29-41(51)48(26-27-50)30-32-12-8-7-9-13-32)58-46(31)38-28-34(47-44(53)33-15-18-35(55-2)19-16-33)17-24-39(38)49(45(46)54)25-11-10-14-42(52)57-4/h7-9,12-13,15-24,28,31,40,43,50H,10-11,14,25-27,29-30H2,1-6H3,(H,47,53)/t31-,40+,43-,46+/m0/s1. The van der Waals surface area contributed by atoms with E-state index in [2.05, 4.69) is 30.5 Å². The number of nitrogens with zero attached hydrogens (tertiary/aromatic N) is 2. The number of aliphatic hydroxyl groups excluding tert-OH is 1. The first-order chi connectivity index (χ1) is 28.4. The van der Waals surface area contributed by atoms with Gasteiger partial charge in [0.2, 0.25) is 5.91 Å². The normalized spacial score (nSPS) is 19.7. The summed E-state index contributed by atoms with van der Waals surface area (Å²) in [4.78, 5) is 58.6. The van der Waals surface area contributed by atoms with E-state index in [4.69, 9.17) is 18.9 Å². The smallest absolute Gasteiger partial charge is 0.305 e. The van der Waals surface area contributed by atoms with Crippen molar-refractivity contribution in [3.05, 3.63) is 114 Å². The van der Waals surface area contributed by atoms with Gasteiger partial charge in [0.15, 0.2) is 5.60 Å². The second kappa shape index (κ2) is 18.6. The number of methoxy groups -OCH3 is 3. The highest BCUT2D eigenvalue weighted by Crippen LogP contribution is 2.60. The monoisotopic (exact) mass is 821 g/mol. The molecule has 0 saturated carbocycles. The number of unbranched alkanes of at least 4 members (excludes halogenated alkanes) is 1. The Hall–Kier alpha value is -5.50. The first kappa shape index (κ1) is 43.1. The minimum Gasteiger partial charge on any atom is -0.497 e. The van der Waals surface area contributed by atoms with Gasteiger partial charge in [0, 0.05) is 48.8 Å². The summed E-state index contributed by atoms with van der Waals surface area (Å²) in [5.41, 5.74) is 1.40. The van der Waals surface area contributed by atoms with Crippen LogP contribution in [0.4, 0.5) is 11.4 Å². The largest absolute Gasteiger partial charge is 0.497 e. The lowest BCUT2D eigenvalue weighted by molar-refractivity contribution is -0.149. The van der Waals surface area contributed by atoms with Crippen LogP contribution in [-0.4, -0.2) is 88.9 Å². The third-order valence-electron chi connectivity index (χ3n) is 12.0. The van der Waals surface area contributed by atoms with Crippen molar-refractivity contribution >= 4 is 48.3 Å². The third kappa shape index (κ3) is 8.92. The highest BCUT2D eigenvalue weighted by atomic mass is 28.3. The van der Waals surface area contributed by atoms with Gasteiger partial charge in [-0.25, -0.2) is 0 Å². The Morgan fingerprint density at radius 1 is 0.898 bits per heavy atom. The van der Waals surface area contributed by atoms with E-state index in [1.165, 1.54) is 7.11 Å². The summed E-state index contributed by atoms with van der Waals surface area (Å²) in [5.74, 6) is -0.138. The molecule has 4 aromatic carbocycles. The number of carbonyl (C=O) groups excluding carboxylic acids is 4. The van der Waals surface area contributed by atoms with Crippen molar-refractivity contribution < 1.29 is 43.2 Å². The van der Waals surface area contributed by atoms with E-state index in [-0.39, 0.29) is 55.2 Å². The van der Waals surface area contributed by atoms with Gasteiger partial charge in [-0.3, -0.25) is 19.2 Å². The summed E-state index contributed by atoms with van der Waals surface area (Å²) in [6, 6.07) is 29.9. The van der Waals surface area contributed by atoms with Gasteiger partial charge in [-0.05, 0) is 78.5 Å². The highest BCUT2D eigenvalue weighted by Gasteiger charge is 2.66. The Labute approximate surface area is 347 Å². The van der Waals surface area contributed by atoms with Gasteiger partial charge in [-0.1, -0.05) is 67.7 Å². The number of hydrogen-bond donors (Lipinski definition) is 2. The fraction of sp³-hybridized carbons (Fsp3) is 0.391. The molecule has 1 fully saturated rings. The van der Waals surface area contributed by atoms with Crippen molar-refractivity contribution in [3.63, 3.8) is 0 Å². The predicted octanol–water partition coefficient (Wildman–Crippen LogP) is 6.27. The molecular weight excluding hydrogens is 767 g/mol. The summed E-state index contributed by atoms with van der Waals surface area (Å²) in [5, 5.41) is 14.2. The molecule has 0 aromatic heterocycles. The molecule has 2 aliphatic rings. The van der Waals surface area contributed by atoms with Crippen LogP contribution in [0.3, 0.4) is 0 Å². The van der Waals surface area contributed by atoms with Crippen LogP contribution in [0.15, 0.2) is 97.1 Å².